The molecule has 1 atom stereocenters. The molecule has 2 amide bonds. The summed E-state index contributed by atoms with van der Waals surface area (Å²) in [7, 11) is 0. The Balaban J connectivity index is 1.54. The van der Waals surface area contributed by atoms with Crippen molar-refractivity contribution in [3.05, 3.63) is 101 Å². The molecule has 30 heavy (non-hydrogen) atoms. The van der Waals surface area contributed by atoms with E-state index in [0.717, 1.165) is 28.7 Å². The number of carbonyl (C=O) groups is 1. The average Bonchev–Trinajstić information content (AvgIpc) is 3.23. The molecule has 0 radical (unpaired) electrons. The van der Waals surface area contributed by atoms with E-state index < -0.39 is 0 Å². The lowest BCUT2D eigenvalue weighted by Gasteiger charge is -2.38. The number of hydrogen-bond acceptors (Lipinski definition) is 1. The number of urea groups is 1. The first-order valence-corrected chi connectivity index (χ1v) is 10.4. The SMILES string of the molecule is Cc1ccc([C@@H]2c3cccn3CCN2C(=O)Nc2cccc3ccccc23)c(C)c1. The number of fused-ring (bicyclic) bond motifs is 2. The number of hydrogen-bond donors (Lipinski definition) is 1. The van der Waals surface area contributed by atoms with Crippen LogP contribution in [-0.4, -0.2) is 22.0 Å². The summed E-state index contributed by atoms with van der Waals surface area (Å²) in [6.07, 6.45) is 2.10. The molecule has 4 aromatic rings. The number of carbonyl (C=O) groups excluding carboxylic acids is 1. The molecule has 0 aliphatic carbocycles. The van der Waals surface area contributed by atoms with Gasteiger partial charge in [-0.1, -0.05) is 60.2 Å². The second kappa shape index (κ2) is 7.38. The number of nitrogens with one attached hydrogen (secondary N) is 1. The predicted molar refractivity (Wildman–Crippen MR) is 122 cm³/mol. The number of amides is 2. The summed E-state index contributed by atoms with van der Waals surface area (Å²) >= 11 is 0. The molecule has 4 heteroatoms. The van der Waals surface area contributed by atoms with Gasteiger partial charge < -0.3 is 14.8 Å². The first-order chi connectivity index (χ1) is 14.6. The lowest BCUT2D eigenvalue weighted by atomic mass is 9.94. The van der Waals surface area contributed by atoms with Crippen molar-refractivity contribution in [2.24, 2.45) is 0 Å². The quantitative estimate of drug-likeness (QED) is 0.451. The van der Waals surface area contributed by atoms with Crippen LogP contribution in [0.4, 0.5) is 10.5 Å². The van der Waals surface area contributed by atoms with E-state index in [9.17, 15) is 4.79 Å². The third kappa shape index (κ3) is 3.14. The van der Waals surface area contributed by atoms with E-state index in [0.29, 0.717) is 6.54 Å². The van der Waals surface area contributed by atoms with Gasteiger partial charge in [0.1, 0.15) is 0 Å². The molecule has 0 saturated heterocycles. The summed E-state index contributed by atoms with van der Waals surface area (Å²) in [5.74, 6) is 0. The Hall–Kier alpha value is -3.53. The highest BCUT2D eigenvalue weighted by atomic mass is 16.2. The normalized spacial score (nSPS) is 15.8. The Kier molecular flexibility index (Phi) is 4.55. The second-order valence-corrected chi connectivity index (χ2v) is 8.04. The Labute approximate surface area is 176 Å². The third-order valence-corrected chi connectivity index (χ3v) is 6.05. The van der Waals surface area contributed by atoms with E-state index in [4.69, 9.17) is 0 Å². The standard InChI is InChI=1S/C26H25N3O/c1-18-12-13-21(19(2)17-18)25-24-11-6-14-28(24)15-16-29(25)26(30)27-23-10-5-8-20-7-3-4-9-22(20)23/h3-14,17,25H,15-16H2,1-2H3,(H,27,30)/t25-/m1/s1. The third-order valence-electron chi connectivity index (χ3n) is 6.05. The van der Waals surface area contributed by atoms with Gasteiger partial charge in [0, 0.05) is 30.4 Å². The maximum absolute atomic E-state index is 13.5. The van der Waals surface area contributed by atoms with Gasteiger partial charge in [0.25, 0.3) is 0 Å². The summed E-state index contributed by atoms with van der Waals surface area (Å²) in [4.78, 5) is 15.5. The van der Waals surface area contributed by atoms with Crippen LogP contribution in [0.25, 0.3) is 10.8 Å². The van der Waals surface area contributed by atoms with Gasteiger partial charge in [-0.05, 0) is 48.6 Å². The fourth-order valence-corrected chi connectivity index (χ4v) is 4.58. The largest absolute Gasteiger partial charge is 0.348 e. The van der Waals surface area contributed by atoms with Crippen LogP contribution in [0.1, 0.15) is 28.4 Å². The number of benzene rings is 3. The molecule has 150 valence electrons. The fourth-order valence-electron chi connectivity index (χ4n) is 4.58. The summed E-state index contributed by atoms with van der Waals surface area (Å²) in [5.41, 5.74) is 5.61. The van der Waals surface area contributed by atoms with Crippen molar-refractivity contribution in [2.75, 3.05) is 11.9 Å². The zero-order chi connectivity index (χ0) is 20.7. The molecule has 0 fully saturated rings. The Bertz CT molecular complexity index is 1230. The molecule has 3 aromatic carbocycles. The molecule has 0 bridgehead atoms. The van der Waals surface area contributed by atoms with E-state index in [1.807, 2.05) is 35.2 Å². The van der Waals surface area contributed by atoms with Crippen LogP contribution in [0.15, 0.2) is 79.0 Å². The second-order valence-electron chi connectivity index (χ2n) is 8.04. The molecule has 0 unspecified atom stereocenters. The zero-order valence-electron chi connectivity index (χ0n) is 17.3. The molecular weight excluding hydrogens is 370 g/mol. The Morgan fingerprint density at radius 1 is 0.933 bits per heavy atom. The maximum atomic E-state index is 13.5. The van der Waals surface area contributed by atoms with Crippen LogP contribution in [-0.2, 0) is 6.54 Å². The van der Waals surface area contributed by atoms with Crippen LogP contribution in [0, 0.1) is 13.8 Å². The van der Waals surface area contributed by atoms with Gasteiger partial charge in [0.2, 0.25) is 0 Å². The molecular formula is C26H25N3O. The van der Waals surface area contributed by atoms with Crippen LogP contribution in [0.2, 0.25) is 0 Å². The molecule has 1 N–H and O–H groups in total. The van der Waals surface area contributed by atoms with Gasteiger partial charge in [-0.3, -0.25) is 0 Å². The van der Waals surface area contributed by atoms with Gasteiger partial charge in [-0.25, -0.2) is 4.79 Å². The first kappa shape index (κ1) is 18.5. The maximum Gasteiger partial charge on any atom is 0.322 e. The lowest BCUT2D eigenvalue weighted by Crippen LogP contribution is -2.44. The summed E-state index contributed by atoms with van der Waals surface area (Å²) in [5, 5.41) is 5.36. The summed E-state index contributed by atoms with van der Waals surface area (Å²) < 4.78 is 2.26. The highest BCUT2D eigenvalue weighted by molar-refractivity contribution is 6.01. The van der Waals surface area contributed by atoms with Crippen molar-refractivity contribution in [2.45, 2.75) is 26.4 Å². The van der Waals surface area contributed by atoms with Crippen LogP contribution < -0.4 is 5.32 Å². The molecule has 1 aliphatic rings. The minimum absolute atomic E-state index is 0.0659. The van der Waals surface area contributed by atoms with Crippen LogP contribution >= 0.6 is 0 Å². The molecule has 2 heterocycles. The minimum atomic E-state index is -0.107. The van der Waals surface area contributed by atoms with Gasteiger partial charge >= 0.3 is 6.03 Å². The number of anilines is 1. The van der Waals surface area contributed by atoms with Gasteiger partial charge in [-0.2, -0.15) is 0 Å². The van der Waals surface area contributed by atoms with Gasteiger partial charge in [0.05, 0.1) is 11.7 Å². The van der Waals surface area contributed by atoms with Gasteiger partial charge in [-0.15, -0.1) is 0 Å². The van der Waals surface area contributed by atoms with Gasteiger partial charge in [0.15, 0.2) is 0 Å². The van der Waals surface area contributed by atoms with Crippen molar-refractivity contribution in [3.8, 4) is 0 Å². The highest BCUT2D eigenvalue weighted by Gasteiger charge is 2.33. The fraction of sp³-hybridized carbons (Fsp3) is 0.192. The van der Waals surface area contributed by atoms with Crippen LogP contribution in [0.5, 0.6) is 0 Å². The highest BCUT2D eigenvalue weighted by Crippen LogP contribution is 2.35. The van der Waals surface area contributed by atoms with Crippen molar-refractivity contribution in [3.63, 3.8) is 0 Å². The van der Waals surface area contributed by atoms with Crippen molar-refractivity contribution in [1.29, 1.82) is 0 Å². The van der Waals surface area contributed by atoms with E-state index in [1.165, 1.54) is 16.7 Å². The Morgan fingerprint density at radius 3 is 2.63 bits per heavy atom. The molecule has 5 rings (SSSR count). The minimum Gasteiger partial charge on any atom is -0.348 e. The monoisotopic (exact) mass is 395 g/mol. The van der Waals surface area contributed by atoms with Crippen molar-refractivity contribution >= 4 is 22.5 Å². The van der Waals surface area contributed by atoms with E-state index in [-0.39, 0.29) is 12.1 Å². The average molecular weight is 396 g/mol. The summed E-state index contributed by atoms with van der Waals surface area (Å²) in [6, 6.07) is 24.7. The number of aryl methyl sites for hydroxylation is 2. The van der Waals surface area contributed by atoms with Crippen molar-refractivity contribution in [1.82, 2.24) is 9.47 Å². The number of rotatable bonds is 2. The van der Waals surface area contributed by atoms with E-state index >= 15 is 0 Å². The molecule has 1 aromatic heterocycles. The molecule has 4 nitrogen and oxygen atoms in total. The number of nitrogens with zero attached hydrogens (tertiary/aromatic N) is 2. The van der Waals surface area contributed by atoms with Crippen molar-refractivity contribution < 1.29 is 4.79 Å². The zero-order valence-corrected chi connectivity index (χ0v) is 17.3. The molecule has 0 saturated carbocycles. The molecule has 1 aliphatic heterocycles. The lowest BCUT2D eigenvalue weighted by molar-refractivity contribution is 0.181. The van der Waals surface area contributed by atoms with Crippen LogP contribution in [0.3, 0.4) is 0 Å². The first-order valence-electron chi connectivity index (χ1n) is 10.4. The predicted octanol–water partition coefficient (Wildman–Crippen LogP) is 5.90. The van der Waals surface area contributed by atoms with E-state index in [1.54, 1.807) is 0 Å². The van der Waals surface area contributed by atoms with E-state index in [2.05, 4.69) is 72.4 Å². The topological polar surface area (TPSA) is 37.3 Å². The smallest absolute Gasteiger partial charge is 0.322 e. The molecule has 0 spiro atoms. The Morgan fingerprint density at radius 2 is 1.77 bits per heavy atom. The number of aromatic nitrogens is 1. The summed E-state index contributed by atoms with van der Waals surface area (Å²) in [6.45, 7) is 5.69.